The summed E-state index contributed by atoms with van der Waals surface area (Å²) in [5.74, 6) is 1.07. The van der Waals surface area contributed by atoms with Crippen molar-refractivity contribution in [3.05, 3.63) is 91.0 Å². The van der Waals surface area contributed by atoms with Gasteiger partial charge in [-0.2, -0.15) is 0 Å². The first kappa shape index (κ1) is 19.9. The number of carbonyl (C=O) groups is 1. The number of hydrogen-bond donors (Lipinski definition) is 0. The Labute approximate surface area is 180 Å². The molecule has 4 aromatic rings. The van der Waals surface area contributed by atoms with Gasteiger partial charge in [0.25, 0.3) is 0 Å². The summed E-state index contributed by atoms with van der Waals surface area (Å²) >= 11 is 1.41. The minimum absolute atomic E-state index is 0.00989. The molecular weight excluding hydrogens is 392 g/mol. The number of anilines is 2. The third-order valence-corrected chi connectivity index (χ3v) is 5.62. The Morgan fingerprint density at radius 2 is 1.37 bits per heavy atom. The van der Waals surface area contributed by atoms with Gasteiger partial charge in [0.05, 0.1) is 5.75 Å². The predicted octanol–water partition coefficient (Wildman–Crippen LogP) is 5.42. The number of carbonyl (C=O) groups excluding carboxylic acids is 1. The number of thioether (sulfide) groups is 1. The summed E-state index contributed by atoms with van der Waals surface area (Å²) in [5, 5.41) is 9.45. The van der Waals surface area contributed by atoms with E-state index in [1.807, 2.05) is 95.6 Å². The van der Waals surface area contributed by atoms with Crippen molar-refractivity contribution in [2.45, 2.75) is 18.6 Å². The van der Waals surface area contributed by atoms with E-state index in [4.69, 9.17) is 0 Å². The summed E-state index contributed by atoms with van der Waals surface area (Å²) < 4.78 is 2.04. The van der Waals surface area contributed by atoms with Crippen molar-refractivity contribution in [1.29, 1.82) is 0 Å². The lowest BCUT2D eigenvalue weighted by molar-refractivity contribution is -0.115. The molecule has 5 nitrogen and oxygen atoms in total. The lowest BCUT2D eigenvalue weighted by Crippen LogP contribution is -2.27. The Kier molecular flexibility index (Phi) is 6.25. The third kappa shape index (κ3) is 4.28. The molecule has 0 unspecified atom stereocenters. The van der Waals surface area contributed by atoms with Crippen LogP contribution in [-0.2, 0) is 11.3 Å². The molecule has 1 heterocycles. The Bertz CT molecular complexity index is 1060. The minimum atomic E-state index is -0.00989. The van der Waals surface area contributed by atoms with Gasteiger partial charge in [-0.1, -0.05) is 78.5 Å². The summed E-state index contributed by atoms with van der Waals surface area (Å²) in [7, 11) is 0. The zero-order valence-corrected chi connectivity index (χ0v) is 17.5. The smallest absolute Gasteiger partial charge is 0.242 e. The van der Waals surface area contributed by atoms with Crippen LogP contribution in [0.15, 0.2) is 96.2 Å². The second-order valence-electron chi connectivity index (χ2n) is 6.61. The van der Waals surface area contributed by atoms with Crippen LogP contribution >= 0.6 is 11.8 Å². The van der Waals surface area contributed by atoms with E-state index in [9.17, 15) is 4.79 Å². The molecule has 0 bridgehead atoms. The number of aromatic nitrogens is 3. The fourth-order valence-corrected chi connectivity index (χ4v) is 4.11. The fraction of sp³-hybridized carbons (Fsp3) is 0.125. The van der Waals surface area contributed by atoms with Crippen molar-refractivity contribution < 1.29 is 4.79 Å². The summed E-state index contributed by atoms with van der Waals surface area (Å²) in [5.41, 5.74) is 2.70. The molecule has 1 amide bonds. The number of hydrogen-bond acceptors (Lipinski definition) is 4. The van der Waals surface area contributed by atoms with Crippen LogP contribution in [0.5, 0.6) is 0 Å². The minimum Gasteiger partial charge on any atom is -0.302 e. The van der Waals surface area contributed by atoms with E-state index < -0.39 is 0 Å². The van der Waals surface area contributed by atoms with Crippen molar-refractivity contribution in [3.63, 3.8) is 0 Å². The molecule has 0 aliphatic rings. The van der Waals surface area contributed by atoms with Gasteiger partial charge in [0.15, 0.2) is 11.0 Å². The van der Waals surface area contributed by atoms with E-state index in [0.717, 1.165) is 34.5 Å². The standard InChI is InChI=1S/C24H22N4OS/c1-2-27-23(19-12-6-3-7-13-19)25-26-24(27)30-18-22(29)28(20-14-8-4-9-15-20)21-16-10-5-11-17-21/h3-17H,2,18H2,1H3. The molecule has 1 aromatic heterocycles. The molecule has 0 N–H and O–H groups in total. The molecule has 0 aliphatic carbocycles. The highest BCUT2D eigenvalue weighted by atomic mass is 32.2. The zero-order chi connectivity index (χ0) is 20.8. The quantitative estimate of drug-likeness (QED) is 0.379. The maximum absolute atomic E-state index is 13.2. The topological polar surface area (TPSA) is 51.0 Å². The summed E-state index contributed by atoms with van der Waals surface area (Å²) in [6, 6.07) is 29.4. The zero-order valence-electron chi connectivity index (χ0n) is 16.7. The summed E-state index contributed by atoms with van der Waals surface area (Å²) in [6.45, 7) is 2.79. The van der Waals surface area contributed by atoms with Crippen LogP contribution in [0.2, 0.25) is 0 Å². The molecule has 0 fully saturated rings. The van der Waals surface area contributed by atoms with Gasteiger partial charge in [-0.25, -0.2) is 0 Å². The maximum Gasteiger partial charge on any atom is 0.242 e. The first-order valence-electron chi connectivity index (χ1n) is 9.82. The SMILES string of the molecule is CCn1c(SCC(=O)N(c2ccccc2)c2ccccc2)nnc1-c1ccccc1. The number of amides is 1. The Hall–Kier alpha value is -3.38. The van der Waals surface area contributed by atoms with Crippen LogP contribution in [0.25, 0.3) is 11.4 Å². The van der Waals surface area contributed by atoms with Crippen molar-refractivity contribution in [2.24, 2.45) is 0 Å². The van der Waals surface area contributed by atoms with E-state index in [-0.39, 0.29) is 11.7 Å². The van der Waals surface area contributed by atoms with Gasteiger partial charge < -0.3 is 4.57 Å². The third-order valence-electron chi connectivity index (χ3n) is 4.67. The molecular formula is C24H22N4OS. The van der Waals surface area contributed by atoms with Gasteiger partial charge in [0, 0.05) is 23.5 Å². The second kappa shape index (κ2) is 9.41. The molecule has 0 saturated carbocycles. The molecule has 0 aliphatic heterocycles. The molecule has 0 saturated heterocycles. The molecule has 0 atom stereocenters. The Morgan fingerprint density at radius 1 is 0.833 bits per heavy atom. The van der Waals surface area contributed by atoms with E-state index in [1.54, 1.807) is 4.90 Å². The van der Waals surface area contributed by atoms with E-state index in [1.165, 1.54) is 11.8 Å². The summed E-state index contributed by atoms with van der Waals surface area (Å²) in [4.78, 5) is 15.0. The van der Waals surface area contributed by atoms with Crippen molar-refractivity contribution in [1.82, 2.24) is 14.8 Å². The highest BCUT2D eigenvalue weighted by Gasteiger charge is 2.20. The van der Waals surface area contributed by atoms with Crippen molar-refractivity contribution in [2.75, 3.05) is 10.7 Å². The Balaban J connectivity index is 1.57. The van der Waals surface area contributed by atoms with E-state index in [2.05, 4.69) is 17.1 Å². The van der Waals surface area contributed by atoms with Crippen LogP contribution < -0.4 is 4.90 Å². The molecule has 4 rings (SSSR count). The van der Waals surface area contributed by atoms with Crippen molar-refractivity contribution in [3.8, 4) is 11.4 Å². The van der Waals surface area contributed by atoms with Gasteiger partial charge >= 0.3 is 0 Å². The van der Waals surface area contributed by atoms with Gasteiger partial charge in [0.2, 0.25) is 5.91 Å². The first-order chi connectivity index (χ1) is 14.8. The largest absolute Gasteiger partial charge is 0.302 e. The average molecular weight is 415 g/mol. The maximum atomic E-state index is 13.2. The molecule has 0 spiro atoms. The monoisotopic (exact) mass is 414 g/mol. The lowest BCUT2D eigenvalue weighted by atomic mass is 10.2. The molecule has 6 heteroatoms. The van der Waals surface area contributed by atoms with Crippen molar-refractivity contribution >= 4 is 29.0 Å². The Morgan fingerprint density at radius 3 is 1.90 bits per heavy atom. The van der Waals surface area contributed by atoms with Crippen LogP contribution in [0, 0.1) is 0 Å². The molecule has 30 heavy (non-hydrogen) atoms. The summed E-state index contributed by atoms with van der Waals surface area (Å²) in [6.07, 6.45) is 0. The number of para-hydroxylation sites is 2. The number of rotatable bonds is 7. The molecule has 3 aromatic carbocycles. The molecule has 0 radical (unpaired) electrons. The van der Waals surface area contributed by atoms with Crippen LogP contribution in [0.3, 0.4) is 0 Å². The molecule has 150 valence electrons. The van der Waals surface area contributed by atoms with E-state index >= 15 is 0 Å². The highest BCUT2D eigenvalue weighted by molar-refractivity contribution is 7.99. The van der Waals surface area contributed by atoms with Crippen LogP contribution in [0.1, 0.15) is 6.92 Å². The number of nitrogens with zero attached hydrogens (tertiary/aromatic N) is 4. The van der Waals surface area contributed by atoms with Gasteiger partial charge in [-0.05, 0) is 31.2 Å². The fourth-order valence-electron chi connectivity index (χ4n) is 3.26. The van der Waals surface area contributed by atoms with Crippen LogP contribution in [0.4, 0.5) is 11.4 Å². The number of benzene rings is 3. The first-order valence-corrected chi connectivity index (χ1v) is 10.8. The second-order valence-corrected chi connectivity index (χ2v) is 7.55. The van der Waals surface area contributed by atoms with Gasteiger partial charge in [-0.15, -0.1) is 10.2 Å². The average Bonchev–Trinajstić information content (AvgIpc) is 3.23. The normalized spacial score (nSPS) is 10.7. The van der Waals surface area contributed by atoms with Crippen LogP contribution in [-0.4, -0.2) is 26.4 Å². The van der Waals surface area contributed by atoms with Gasteiger partial charge in [0.1, 0.15) is 0 Å². The van der Waals surface area contributed by atoms with E-state index in [0.29, 0.717) is 0 Å². The van der Waals surface area contributed by atoms with Gasteiger partial charge in [-0.3, -0.25) is 9.69 Å². The predicted molar refractivity (Wildman–Crippen MR) is 122 cm³/mol. The lowest BCUT2D eigenvalue weighted by Gasteiger charge is -2.23. The highest BCUT2D eigenvalue weighted by Crippen LogP contribution is 2.28.